The highest BCUT2D eigenvalue weighted by Gasteiger charge is 2.24. The van der Waals surface area contributed by atoms with Crippen LogP contribution in [-0.4, -0.2) is 0 Å². The summed E-state index contributed by atoms with van der Waals surface area (Å²) < 4.78 is 2.76. The van der Waals surface area contributed by atoms with Gasteiger partial charge in [-0.1, -0.05) is 97.1 Å². The minimum absolute atomic E-state index is 1.29. The van der Waals surface area contributed by atoms with Crippen molar-refractivity contribution in [2.75, 3.05) is 0 Å². The minimum Gasteiger partial charge on any atom is -0.134 e. The fraction of sp³-hybridized carbons (Fsp3) is 0.0667. The molecule has 154 valence electrons. The average molecular weight is 447 g/mol. The van der Waals surface area contributed by atoms with Crippen molar-refractivity contribution in [3.05, 3.63) is 108 Å². The number of fused-ring (bicyclic) bond motifs is 2. The average Bonchev–Trinajstić information content (AvgIpc) is 3.40. The fourth-order valence-electron chi connectivity index (χ4n) is 4.60. The molecule has 0 amide bonds. The highest BCUT2D eigenvalue weighted by Crippen LogP contribution is 2.53. The van der Waals surface area contributed by atoms with E-state index in [-0.39, 0.29) is 0 Å². The Morgan fingerprint density at radius 3 is 1.25 bits per heavy atom. The van der Waals surface area contributed by atoms with E-state index in [2.05, 4.69) is 111 Å². The SMILES string of the molecule is Cc1cccc2c(-c3c(-c4ccccc4)sc4c(C)cccc34)c(-c3ccccc3)sc12. The van der Waals surface area contributed by atoms with Crippen LogP contribution >= 0.6 is 22.7 Å². The zero-order chi connectivity index (χ0) is 21.7. The van der Waals surface area contributed by atoms with Gasteiger partial charge in [-0.3, -0.25) is 0 Å². The Hall–Kier alpha value is -3.20. The van der Waals surface area contributed by atoms with E-state index >= 15 is 0 Å². The van der Waals surface area contributed by atoms with Crippen LogP contribution < -0.4 is 0 Å². The third-order valence-electron chi connectivity index (χ3n) is 6.15. The predicted octanol–water partition coefficient (Wildman–Crippen LogP) is 9.73. The molecule has 0 unspecified atom stereocenters. The van der Waals surface area contributed by atoms with Crippen LogP contribution in [0.4, 0.5) is 0 Å². The zero-order valence-electron chi connectivity index (χ0n) is 18.1. The molecule has 0 fully saturated rings. The van der Waals surface area contributed by atoms with Crippen molar-refractivity contribution in [2.45, 2.75) is 13.8 Å². The van der Waals surface area contributed by atoms with E-state index in [4.69, 9.17) is 0 Å². The van der Waals surface area contributed by atoms with Gasteiger partial charge in [0.05, 0.1) is 0 Å². The third kappa shape index (κ3) is 3.02. The molecule has 0 bridgehead atoms. The molecule has 32 heavy (non-hydrogen) atoms. The Morgan fingerprint density at radius 1 is 0.438 bits per heavy atom. The van der Waals surface area contributed by atoms with E-state index in [9.17, 15) is 0 Å². The van der Waals surface area contributed by atoms with Gasteiger partial charge < -0.3 is 0 Å². The van der Waals surface area contributed by atoms with Gasteiger partial charge in [-0.05, 0) is 36.1 Å². The summed E-state index contributed by atoms with van der Waals surface area (Å²) in [7, 11) is 0. The highest BCUT2D eigenvalue weighted by molar-refractivity contribution is 7.24. The maximum atomic E-state index is 2.30. The summed E-state index contributed by atoms with van der Waals surface area (Å²) in [5.41, 5.74) is 8.00. The van der Waals surface area contributed by atoms with Gasteiger partial charge in [0.25, 0.3) is 0 Å². The lowest BCUT2D eigenvalue weighted by atomic mass is 9.93. The largest absolute Gasteiger partial charge is 0.134 e. The van der Waals surface area contributed by atoms with Crippen LogP contribution in [0.2, 0.25) is 0 Å². The molecule has 0 aliphatic heterocycles. The van der Waals surface area contributed by atoms with Crippen molar-refractivity contribution < 1.29 is 0 Å². The summed E-state index contributed by atoms with van der Waals surface area (Å²) in [4.78, 5) is 2.71. The lowest BCUT2D eigenvalue weighted by Crippen LogP contribution is -1.84. The molecule has 0 aliphatic rings. The standard InChI is InChI=1S/C30H22S2/c1-19-11-9-17-23-25(29(31-27(19)23)21-13-5-3-6-14-21)26-24-18-10-12-20(2)28(24)32-30(26)22-15-7-4-8-16-22/h3-18H,1-2H3. The molecular formula is C30H22S2. The fourth-order valence-corrected chi connectivity index (χ4v) is 7.16. The van der Waals surface area contributed by atoms with Gasteiger partial charge in [-0.2, -0.15) is 0 Å². The normalized spacial score (nSPS) is 11.4. The molecule has 2 heterocycles. The van der Waals surface area contributed by atoms with E-state index in [0.717, 1.165) is 0 Å². The lowest BCUT2D eigenvalue weighted by molar-refractivity contribution is 1.56. The number of rotatable bonds is 3. The first-order chi connectivity index (χ1) is 15.7. The van der Waals surface area contributed by atoms with Gasteiger partial charge in [-0.25, -0.2) is 0 Å². The van der Waals surface area contributed by atoms with Gasteiger partial charge in [-0.15, -0.1) is 22.7 Å². The topological polar surface area (TPSA) is 0 Å². The van der Waals surface area contributed by atoms with Crippen molar-refractivity contribution in [3.8, 4) is 32.0 Å². The number of hydrogen-bond donors (Lipinski definition) is 0. The molecular weight excluding hydrogens is 424 g/mol. The summed E-state index contributed by atoms with van der Waals surface area (Å²) in [5, 5.41) is 2.71. The molecule has 0 N–H and O–H groups in total. The Morgan fingerprint density at radius 2 is 0.844 bits per heavy atom. The Bertz CT molecular complexity index is 1450. The molecule has 2 aromatic heterocycles. The molecule has 2 heteroatoms. The van der Waals surface area contributed by atoms with Crippen molar-refractivity contribution in [3.63, 3.8) is 0 Å². The molecule has 6 rings (SSSR count). The van der Waals surface area contributed by atoms with Crippen molar-refractivity contribution in [1.82, 2.24) is 0 Å². The van der Waals surface area contributed by atoms with E-state index in [0.29, 0.717) is 0 Å². The Balaban J connectivity index is 1.80. The smallest absolute Gasteiger partial charge is 0.0434 e. The lowest BCUT2D eigenvalue weighted by Gasteiger charge is -2.09. The van der Waals surface area contributed by atoms with Crippen LogP contribution in [0.15, 0.2) is 97.1 Å². The molecule has 0 spiro atoms. The van der Waals surface area contributed by atoms with Crippen LogP contribution in [-0.2, 0) is 0 Å². The quantitative estimate of drug-likeness (QED) is 0.254. The maximum absolute atomic E-state index is 2.30. The number of benzene rings is 4. The third-order valence-corrected chi connectivity index (χ3v) is 8.93. The monoisotopic (exact) mass is 446 g/mol. The van der Waals surface area contributed by atoms with Crippen LogP contribution in [0.1, 0.15) is 11.1 Å². The summed E-state index contributed by atoms with van der Waals surface area (Å²) >= 11 is 3.85. The predicted molar refractivity (Wildman–Crippen MR) is 143 cm³/mol. The number of hydrogen-bond acceptors (Lipinski definition) is 2. The van der Waals surface area contributed by atoms with Crippen LogP contribution in [0.25, 0.3) is 52.2 Å². The molecule has 4 aromatic carbocycles. The molecule has 0 saturated carbocycles. The van der Waals surface area contributed by atoms with Crippen LogP contribution in [0, 0.1) is 13.8 Å². The minimum atomic E-state index is 1.29. The van der Waals surface area contributed by atoms with Crippen LogP contribution in [0.5, 0.6) is 0 Å². The number of thiophene rings is 2. The first kappa shape index (κ1) is 19.5. The maximum Gasteiger partial charge on any atom is 0.0434 e. The first-order valence-corrected chi connectivity index (χ1v) is 12.5. The highest BCUT2D eigenvalue weighted by atomic mass is 32.1. The second-order valence-corrected chi connectivity index (χ2v) is 10.3. The van der Waals surface area contributed by atoms with Crippen molar-refractivity contribution in [2.24, 2.45) is 0 Å². The Kier molecular flexibility index (Phi) is 4.71. The second-order valence-electron chi connectivity index (χ2n) is 8.25. The molecule has 0 saturated heterocycles. The summed E-state index contributed by atoms with van der Waals surface area (Å²) in [6.45, 7) is 4.46. The van der Waals surface area contributed by atoms with E-state index in [1.54, 1.807) is 0 Å². The first-order valence-electron chi connectivity index (χ1n) is 10.9. The van der Waals surface area contributed by atoms with Gasteiger partial charge >= 0.3 is 0 Å². The van der Waals surface area contributed by atoms with Crippen molar-refractivity contribution in [1.29, 1.82) is 0 Å². The van der Waals surface area contributed by atoms with Gasteiger partial charge in [0.1, 0.15) is 0 Å². The summed E-state index contributed by atoms with van der Waals surface area (Å²) in [6, 6.07) is 35.2. The molecule has 0 atom stereocenters. The second kappa shape index (κ2) is 7.74. The van der Waals surface area contributed by atoms with E-state index < -0.39 is 0 Å². The zero-order valence-corrected chi connectivity index (χ0v) is 19.7. The van der Waals surface area contributed by atoms with E-state index in [1.165, 1.54) is 63.3 Å². The number of aryl methyl sites for hydroxylation is 2. The molecule has 0 radical (unpaired) electrons. The van der Waals surface area contributed by atoms with Gasteiger partial charge in [0, 0.05) is 41.1 Å². The van der Waals surface area contributed by atoms with Crippen molar-refractivity contribution >= 4 is 42.8 Å². The van der Waals surface area contributed by atoms with Gasteiger partial charge in [0.2, 0.25) is 0 Å². The Labute approximate surface area is 196 Å². The van der Waals surface area contributed by atoms with Crippen LogP contribution in [0.3, 0.4) is 0 Å². The molecule has 6 aromatic rings. The van der Waals surface area contributed by atoms with E-state index in [1.807, 2.05) is 22.7 Å². The summed E-state index contributed by atoms with van der Waals surface area (Å²) in [5.74, 6) is 0. The van der Waals surface area contributed by atoms with Gasteiger partial charge in [0.15, 0.2) is 0 Å². The summed E-state index contributed by atoms with van der Waals surface area (Å²) in [6.07, 6.45) is 0. The molecule has 0 aliphatic carbocycles. The molecule has 0 nitrogen and oxygen atoms in total.